The van der Waals surface area contributed by atoms with Gasteiger partial charge in [-0.05, 0) is 24.7 Å². The summed E-state index contributed by atoms with van der Waals surface area (Å²) in [6, 6.07) is 0. The van der Waals surface area contributed by atoms with Gasteiger partial charge in [-0.2, -0.15) is 0 Å². The van der Waals surface area contributed by atoms with Crippen molar-refractivity contribution >= 4 is 19.7 Å². The number of hydrogen-bond donors (Lipinski definition) is 0. The standard InChI is InChI=1S/C11H21ClO3S/c1-2-3-11(9-16(12,13)14)8-15-7-6-10-4-5-10/h10-11H,2-9H2,1H3. The Bertz CT molecular complexity index is 286. The van der Waals surface area contributed by atoms with Gasteiger partial charge in [0.25, 0.3) is 0 Å². The first-order chi connectivity index (χ1) is 7.51. The van der Waals surface area contributed by atoms with Gasteiger partial charge in [0.05, 0.1) is 12.4 Å². The lowest BCUT2D eigenvalue weighted by molar-refractivity contribution is 0.0978. The van der Waals surface area contributed by atoms with Crippen molar-refractivity contribution in [1.29, 1.82) is 0 Å². The molecule has 1 saturated carbocycles. The van der Waals surface area contributed by atoms with Gasteiger partial charge in [0.2, 0.25) is 9.05 Å². The van der Waals surface area contributed by atoms with Gasteiger partial charge in [-0.1, -0.05) is 26.2 Å². The molecule has 0 aliphatic heterocycles. The van der Waals surface area contributed by atoms with E-state index in [0.717, 1.165) is 31.8 Å². The molecule has 5 heteroatoms. The van der Waals surface area contributed by atoms with Crippen LogP contribution in [0.5, 0.6) is 0 Å². The predicted octanol–water partition coefficient (Wildman–Crippen LogP) is 2.79. The minimum absolute atomic E-state index is 0.0336. The Morgan fingerprint density at radius 1 is 1.44 bits per heavy atom. The highest BCUT2D eigenvalue weighted by Gasteiger charge is 2.21. The van der Waals surface area contributed by atoms with Gasteiger partial charge in [0.15, 0.2) is 0 Å². The maximum absolute atomic E-state index is 11.0. The van der Waals surface area contributed by atoms with E-state index in [1.54, 1.807) is 0 Å². The monoisotopic (exact) mass is 268 g/mol. The van der Waals surface area contributed by atoms with E-state index in [2.05, 4.69) is 0 Å². The Kier molecular flexibility index (Phi) is 6.08. The van der Waals surface area contributed by atoms with Gasteiger partial charge in [0.1, 0.15) is 0 Å². The summed E-state index contributed by atoms with van der Waals surface area (Å²) in [5.74, 6) is 0.944. The zero-order chi connectivity index (χ0) is 12.0. The molecule has 1 rings (SSSR count). The molecule has 0 N–H and O–H groups in total. The van der Waals surface area contributed by atoms with E-state index < -0.39 is 9.05 Å². The van der Waals surface area contributed by atoms with E-state index in [4.69, 9.17) is 15.4 Å². The van der Waals surface area contributed by atoms with Crippen molar-refractivity contribution in [1.82, 2.24) is 0 Å². The van der Waals surface area contributed by atoms with Crippen molar-refractivity contribution in [3.05, 3.63) is 0 Å². The maximum Gasteiger partial charge on any atom is 0.232 e. The molecule has 0 saturated heterocycles. The highest BCUT2D eigenvalue weighted by atomic mass is 35.7. The van der Waals surface area contributed by atoms with Crippen LogP contribution in [0.3, 0.4) is 0 Å². The largest absolute Gasteiger partial charge is 0.381 e. The highest BCUT2D eigenvalue weighted by molar-refractivity contribution is 8.13. The minimum atomic E-state index is -3.39. The Labute approximate surface area is 103 Å². The van der Waals surface area contributed by atoms with Crippen LogP contribution in [-0.2, 0) is 13.8 Å². The van der Waals surface area contributed by atoms with Gasteiger partial charge in [-0.3, -0.25) is 0 Å². The van der Waals surface area contributed by atoms with Crippen LogP contribution >= 0.6 is 10.7 Å². The third-order valence-corrected chi connectivity index (χ3v) is 4.10. The summed E-state index contributed by atoms with van der Waals surface area (Å²) in [5.41, 5.74) is 0. The van der Waals surface area contributed by atoms with Crippen LogP contribution in [-0.4, -0.2) is 27.4 Å². The molecular weight excluding hydrogens is 248 g/mol. The van der Waals surface area contributed by atoms with Crippen LogP contribution in [0.4, 0.5) is 0 Å². The zero-order valence-corrected chi connectivity index (χ0v) is 11.4. The van der Waals surface area contributed by atoms with Crippen LogP contribution < -0.4 is 0 Å². The first-order valence-electron chi connectivity index (χ1n) is 6.01. The molecule has 0 aromatic carbocycles. The van der Waals surface area contributed by atoms with Crippen molar-refractivity contribution in [2.45, 2.75) is 39.0 Å². The van der Waals surface area contributed by atoms with Crippen LogP contribution in [0, 0.1) is 11.8 Å². The SMILES string of the molecule is CCCC(COCCC1CC1)CS(=O)(=O)Cl. The number of halogens is 1. The summed E-state index contributed by atoms with van der Waals surface area (Å²) >= 11 is 0. The lowest BCUT2D eigenvalue weighted by atomic mass is 10.1. The summed E-state index contributed by atoms with van der Waals surface area (Å²) in [6.45, 7) is 3.32. The zero-order valence-electron chi connectivity index (χ0n) is 9.82. The molecule has 0 bridgehead atoms. The summed E-state index contributed by atoms with van der Waals surface area (Å²) < 4.78 is 27.5. The van der Waals surface area contributed by atoms with Gasteiger partial charge < -0.3 is 4.74 Å². The molecule has 1 unspecified atom stereocenters. The third-order valence-electron chi connectivity index (χ3n) is 2.85. The van der Waals surface area contributed by atoms with E-state index in [9.17, 15) is 8.42 Å². The maximum atomic E-state index is 11.0. The normalized spacial score (nSPS) is 18.6. The van der Waals surface area contributed by atoms with Gasteiger partial charge in [-0.15, -0.1) is 0 Å². The second-order valence-electron chi connectivity index (χ2n) is 4.67. The second-order valence-corrected chi connectivity index (χ2v) is 7.49. The van der Waals surface area contributed by atoms with Gasteiger partial charge >= 0.3 is 0 Å². The van der Waals surface area contributed by atoms with Crippen molar-refractivity contribution < 1.29 is 13.2 Å². The van der Waals surface area contributed by atoms with Crippen molar-refractivity contribution in [2.24, 2.45) is 11.8 Å². The van der Waals surface area contributed by atoms with Gasteiger partial charge in [0, 0.05) is 17.3 Å². The van der Waals surface area contributed by atoms with E-state index in [1.165, 1.54) is 12.8 Å². The molecule has 0 heterocycles. The fourth-order valence-electron chi connectivity index (χ4n) is 1.81. The fraction of sp³-hybridized carbons (Fsp3) is 1.00. The van der Waals surface area contributed by atoms with E-state index in [1.807, 2.05) is 6.92 Å². The molecule has 1 aliphatic carbocycles. The second kappa shape index (κ2) is 6.82. The van der Waals surface area contributed by atoms with Crippen LogP contribution in [0.2, 0.25) is 0 Å². The van der Waals surface area contributed by atoms with Crippen LogP contribution in [0.15, 0.2) is 0 Å². The topological polar surface area (TPSA) is 43.4 Å². The average Bonchev–Trinajstić information content (AvgIpc) is 2.93. The molecule has 0 aromatic rings. The molecule has 3 nitrogen and oxygen atoms in total. The lowest BCUT2D eigenvalue weighted by Gasteiger charge is -2.14. The first kappa shape index (κ1) is 14.3. The summed E-state index contributed by atoms with van der Waals surface area (Å²) in [7, 11) is 1.86. The van der Waals surface area contributed by atoms with E-state index in [0.29, 0.717) is 6.61 Å². The molecule has 0 aromatic heterocycles. The molecule has 1 fully saturated rings. The number of ether oxygens (including phenoxy) is 1. The van der Waals surface area contributed by atoms with Crippen molar-refractivity contribution in [3.63, 3.8) is 0 Å². The average molecular weight is 269 g/mol. The molecule has 1 aliphatic rings. The van der Waals surface area contributed by atoms with E-state index >= 15 is 0 Å². The smallest absolute Gasteiger partial charge is 0.232 e. The minimum Gasteiger partial charge on any atom is -0.381 e. The Morgan fingerprint density at radius 3 is 2.62 bits per heavy atom. The molecule has 0 radical (unpaired) electrons. The van der Waals surface area contributed by atoms with Crippen LogP contribution in [0.1, 0.15) is 39.0 Å². The van der Waals surface area contributed by atoms with Crippen LogP contribution in [0.25, 0.3) is 0 Å². The molecule has 16 heavy (non-hydrogen) atoms. The molecule has 0 spiro atoms. The Morgan fingerprint density at radius 2 is 2.12 bits per heavy atom. The third kappa shape index (κ3) is 7.47. The highest BCUT2D eigenvalue weighted by Crippen LogP contribution is 2.32. The number of rotatable bonds is 9. The predicted molar refractivity (Wildman–Crippen MR) is 66.2 cm³/mol. The molecule has 96 valence electrons. The molecular formula is C11H21ClO3S. The molecule has 0 amide bonds. The summed E-state index contributed by atoms with van der Waals surface area (Å²) in [6.07, 6.45) is 5.60. The van der Waals surface area contributed by atoms with Crippen molar-refractivity contribution in [2.75, 3.05) is 19.0 Å². The Balaban J connectivity index is 2.15. The lowest BCUT2D eigenvalue weighted by Crippen LogP contribution is -2.18. The Hall–Kier alpha value is 0.200. The summed E-state index contributed by atoms with van der Waals surface area (Å²) in [4.78, 5) is 0. The molecule has 1 atom stereocenters. The fourth-order valence-corrected chi connectivity index (χ4v) is 3.17. The first-order valence-corrected chi connectivity index (χ1v) is 8.49. The summed E-state index contributed by atoms with van der Waals surface area (Å²) in [5, 5.41) is 0. The van der Waals surface area contributed by atoms with Crippen molar-refractivity contribution in [3.8, 4) is 0 Å². The van der Waals surface area contributed by atoms with E-state index in [-0.39, 0.29) is 11.7 Å². The quantitative estimate of drug-likeness (QED) is 0.477. The number of hydrogen-bond acceptors (Lipinski definition) is 3. The van der Waals surface area contributed by atoms with Gasteiger partial charge in [-0.25, -0.2) is 8.42 Å².